The number of likely N-dealkylation sites (tertiary alicyclic amines) is 1. The highest BCUT2D eigenvalue weighted by atomic mass is 16.5. The number of aryl methyl sites for hydroxylation is 1. The van der Waals surface area contributed by atoms with Crippen molar-refractivity contribution in [3.63, 3.8) is 0 Å². The number of carbonyl (C=O) groups excluding carboxylic acids is 2. The molecule has 1 fully saturated rings. The van der Waals surface area contributed by atoms with Gasteiger partial charge in [-0.3, -0.25) is 9.59 Å². The molecule has 6 nitrogen and oxygen atoms in total. The van der Waals surface area contributed by atoms with Crippen molar-refractivity contribution in [1.29, 1.82) is 0 Å². The van der Waals surface area contributed by atoms with Crippen LogP contribution in [0.3, 0.4) is 0 Å². The lowest BCUT2D eigenvalue weighted by molar-refractivity contribution is -0.140. The topological polar surface area (TPSA) is 70.1 Å². The number of Topliss-reactive ketones (excluding diaryl/α,β-unsaturated/α-hetero) is 1. The van der Waals surface area contributed by atoms with Gasteiger partial charge in [-0.05, 0) is 49.2 Å². The van der Waals surface area contributed by atoms with Crippen LogP contribution >= 0.6 is 0 Å². The number of aliphatic hydroxyl groups excluding tert-OH is 1. The van der Waals surface area contributed by atoms with Crippen molar-refractivity contribution in [2.45, 2.75) is 53.0 Å². The van der Waals surface area contributed by atoms with Crippen LogP contribution in [-0.4, -0.2) is 59.4 Å². The van der Waals surface area contributed by atoms with Crippen LogP contribution in [0.2, 0.25) is 0 Å². The molecule has 1 atom stereocenters. The number of ether oxygens (including phenoxy) is 1. The number of aliphatic hydroxyl groups is 1. The molecule has 1 amide bonds. The summed E-state index contributed by atoms with van der Waals surface area (Å²) >= 11 is 0. The number of hydrogen-bond donors (Lipinski definition) is 1. The number of hydrogen-bond acceptors (Lipinski definition) is 5. The third-order valence-electron chi connectivity index (χ3n) is 6.67. The van der Waals surface area contributed by atoms with E-state index in [9.17, 15) is 14.7 Å². The van der Waals surface area contributed by atoms with E-state index in [1.54, 1.807) is 23.1 Å². The zero-order valence-electron chi connectivity index (χ0n) is 21.4. The molecule has 35 heavy (non-hydrogen) atoms. The minimum atomic E-state index is -0.649. The van der Waals surface area contributed by atoms with Crippen LogP contribution in [0.5, 0.6) is 5.75 Å². The molecule has 2 aromatic carbocycles. The summed E-state index contributed by atoms with van der Waals surface area (Å²) in [7, 11) is 0. The smallest absolute Gasteiger partial charge is 0.295 e. The van der Waals surface area contributed by atoms with E-state index in [0.29, 0.717) is 31.0 Å². The number of amides is 1. The Morgan fingerprint density at radius 2 is 1.74 bits per heavy atom. The second kappa shape index (κ2) is 12.5. The van der Waals surface area contributed by atoms with Gasteiger partial charge in [-0.15, -0.1) is 0 Å². The molecular formula is C29H38N2O4. The van der Waals surface area contributed by atoms with E-state index in [-0.39, 0.29) is 11.3 Å². The first-order valence-electron chi connectivity index (χ1n) is 12.8. The van der Waals surface area contributed by atoms with Gasteiger partial charge in [0.1, 0.15) is 11.5 Å². The van der Waals surface area contributed by atoms with Gasteiger partial charge in [0.15, 0.2) is 0 Å². The highest BCUT2D eigenvalue weighted by molar-refractivity contribution is 6.46. The van der Waals surface area contributed by atoms with Crippen molar-refractivity contribution in [1.82, 2.24) is 9.80 Å². The van der Waals surface area contributed by atoms with Gasteiger partial charge in [0.25, 0.3) is 11.7 Å². The van der Waals surface area contributed by atoms with E-state index in [1.807, 2.05) is 30.3 Å². The highest BCUT2D eigenvalue weighted by Crippen LogP contribution is 2.39. The summed E-state index contributed by atoms with van der Waals surface area (Å²) in [5, 5.41) is 11.3. The summed E-state index contributed by atoms with van der Waals surface area (Å²) in [5.41, 5.74) is 2.59. The van der Waals surface area contributed by atoms with Gasteiger partial charge >= 0.3 is 0 Å². The van der Waals surface area contributed by atoms with Crippen LogP contribution in [0.4, 0.5) is 0 Å². The Hall–Kier alpha value is -3.12. The van der Waals surface area contributed by atoms with Gasteiger partial charge < -0.3 is 19.6 Å². The summed E-state index contributed by atoms with van der Waals surface area (Å²) in [6.45, 7) is 11.7. The summed E-state index contributed by atoms with van der Waals surface area (Å²) in [5.74, 6) is -0.760. The van der Waals surface area contributed by atoms with Crippen molar-refractivity contribution in [2.75, 3.05) is 32.8 Å². The number of likely N-dealkylation sites (N-methyl/N-ethyl adjacent to an activating group) is 1. The molecule has 0 bridgehead atoms. The van der Waals surface area contributed by atoms with E-state index < -0.39 is 17.7 Å². The third-order valence-corrected chi connectivity index (χ3v) is 6.67. The van der Waals surface area contributed by atoms with Crippen molar-refractivity contribution in [3.05, 3.63) is 70.8 Å². The molecule has 0 aliphatic carbocycles. The number of benzene rings is 2. The van der Waals surface area contributed by atoms with E-state index in [4.69, 9.17) is 4.74 Å². The quantitative estimate of drug-likeness (QED) is 0.197. The Morgan fingerprint density at radius 3 is 2.37 bits per heavy atom. The Labute approximate surface area is 209 Å². The molecule has 0 spiro atoms. The van der Waals surface area contributed by atoms with Gasteiger partial charge in [-0.1, -0.05) is 70.5 Å². The molecule has 3 rings (SSSR count). The Balaban J connectivity index is 2.04. The fourth-order valence-corrected chi connectivity index (χ4v) is 4.40. The van der Waals surface area contributed by atoms with Crippen molar-refractivity contribution in [2.24, 2.45) is 0 Å². The number of unbranched alkanes of at least 4 members (excludes halogenated alkanes) is 1. The Bertz CT molecular complexity index is 1040. The number of carbonyl (C=O) groups is 2. The average Bonchev–Trinajstić information content (AvgIpc) is 3.14. The van der Waals surface area contributed by atoms with Gasteiger partial charge in [-0.25, -0.2) is 0 Å². The molecule has 6 heteroatoms. The molecular weight excluding hydrogens is 440 g/mol. The average molecular weight is 479 g/mol. The van der Waals surface area contributed by atoms with Crippen LogP contribution in [0.25, 0.3) is 5.76 Å². The molecule has 1 heterocycles. The zero-order chi connectivity index (χ0) is 25.4. The molecule has 0 radical (unpaired) electrons. The largest absolute Gasteiger partial charge is 0.507 e. The first-order valence-corrected chi connectivity index (χ1v) is 12.8. The lowest BCUT2D eigenvalue weighted by atomic mass is 9.94. The minimum absolute atomic E-state index is 0.129. The summed E-state index contributed by atoms with van der Waals surface area (Å²) in [6.07, 6.45) is 2.85. The SMILES string of the molecule is CCCCOc1cccc(/C(O)=C2\C(=O)C(=O)N(CCN(CC)CC)C2c2ccc(CC)cc2)c1. The van der Waals surface area contributed by atoms with Crippen LogP contribution in [0.15, 0.2) is 54.1 Å². The molecule has 0 aromatic heterocycles. The van der Waals surface area contributed by atoms with E-state index >= 15 is 0 Å². The fraction of sp³-hybridized carbons (Fsp3) is 0.448. The predicted octanol–water partition coefficient (Wildman–Crippen LogP) is 5.19. The molecule has 2 aromatic rings. The second-order valence-electron chi connectivity index (χ2n) is 8.84. The Morgan fingerprint density at radius 1 is 1.03 bits per heavy atom. The lowest BCUT2D eigenvalue weighted by Gasteiger charge is -2.28. The monoisotopic (exact) mass is 478 g/mol. The molecule has 1 aliphatic rings. The number of ketones is 1. The van der Waals surface area contributed by atoms with Crippen LogP contribution < -0.4 is 4.74 Å². The predicted molar refractivity (Wildman–Crippen MR) is 139 cm³/mol. The normalized spacial score (nSPS) is 17.4. The number of rotatable bonds is 12. The summed E-state index contributed by atoms with van der Waals surface area (Å²) in [4.78, 5) is 30.3. The zero-order valence-corrected chi connectivity index (χ0v) is 21.4. The summed E-state index contributed by atoms with van der Waals surface area (Å²) < 4.78 is 5.79. The molecule has 1 aliphatic heterocycles. The van der Waals surface area contributed by atoms with Crippen LogP contribution in [-0.2, 0) is 16.0 Å². The van der Waals surface area contributed by atoms with Crippen LogP contribution in [0.1, 0.15) is 63.3 Å². The van der Waals surface area contributed by atoms with Crippen molar-refractivity contribution < 1.29 is 19.4 Å². The van der Waals surface area contributed by atoms with E-state index in [1.165, 1.54) is 5.56 Å². The van der Waals surface area contributed by atoms with Crippen molar-refractivity contribution in [3.8, 4) is 5.75 Å². The maximum absolute atomic E-state index is 13.3. The highest BCUT2D eigenvalue weighted by Gasteiger charge is 2.45. The van der Waals surface area contributed by atoms with Gasteiger partial charge in [0.05, 0.1) is 18.2 Å². The molecule has 0 saturated carbocycles. The van der Waals surface area contributed by atoms with Crippen LogP contribution in [0, 0.1) is 0 Å². The minimum Gasteiger partial charge on any atom is -0.507 e. The second-order valence-corrected chi connectivity index (χ2v) is 8.84. The van der Waals surface area contributed by atoms with E-state index in [0.717, 1.165) is 37.9 Å². The molecule has 1 N–H and O–H groups in total. The fourth-order valence-electron chi connectivity index (χ4n) is 4.40. The molecule has 1 unspecified atom stereocenters. The molecule has 188 valence electrons. The maximum Gasteiger partial charge on any atom is 0.295 e. The van der Waals surface area contributed by atoms with Gasteiger partial charge in [-0.2, -0.15) is 0 Å². The first-order chi connectivity index (χ1) is 16.9. The lowest BCUT2D eigenvalue weighted by Crippen LogP contribution is -2.38. The standard InChI is InChI=1S/C29H38N2O4/c1-5-9-19-35-24-12-10-11-23(20-24)27(32)25-26(22-15-13-21(6-2)14-16-22)31(29(34)28(25)33)18-17-30(7-3)8-4/h10-16,20,26,32H,5-9,17-19H2,1-4H3/b27-25+. The third kappa shape index (κ3) is 6.12. The Kier molecular flexibility index (Phi) is 9.49. The molecule has 1 saturated heterocycles. The number of nitrogens with zero attached hydrogens (tertiary/aromatic N) is 2. The summed E-state index contributed by atoms with van der Waals surface area (Å²) in [6, 6.07) is 14.4. The van der Waals surface area contributed by atoms with Gasteiger partial charge in [0, 0.05) is 18.7 Å². The van der Waals surface area contributed by atoms with Crippen molar-refractivity contribution >= 4 is 17.4 Å². The maximum atomic E-state index is 13.3. The first kappa shape index (κ1) is 26.5. The van der Waals surface area contributed by atoms with E-state index in [2.05, 4.69) is 32.6 Å². The van der Waals surface area contributed by atoms with Gasteiger partial charge in [0.2, 0.25) is 0 Å².